The number of aromatic nitrogens is 1. The van der Waals surface area contributed by atoms with Crippen LogP contribution in [0.15, 0.2) is 48.5 Å². The van der Waals surface area contributed by atoms with Crippen LogP contribution in [0.5, 0.6) is 0 Å². The highest BCUT2D eigenvalue weighted by Gasteiger charge is 2.54. The van der Waals surface area contributed by atoms with E-state index in [0.29, 0.717) is 34.4 Å². The molecule has 2 aliphatic rings. The zero-order valence-corrected chi connectivity index (χ0v) is 19.1. The molecule has 5 rings (SSSR count). The van der Waals surface area contributed by atoms with Crippen LogP contribution in [0.3, 0.4) is 0 Å². The normalized spacial score (nSPS) is 20.7. The van der Waals surface area contributed by atoms with Gasteiger partial charge < -0.3 is 16.0 Å². The van der Waals surface area contributed by atoms with Gasteiger partial charge >= 0.3 is 0 Å². The number of nitrogens with one attached hydrogen (secondary N) is 1. The first-order chi connectivity index (χ1) is 15.9. The number of carbonyl (C=O) groups is 2. The van der Waals surface area contributed by atoms with Gasteiger partial charge in [0.05, 0.1) is 10.9 Å². The van der Waals surface area contributed by atoms with E-state index in [-0.39, 0.29) is 23.9 Å². The Labute approximate surface area is 196 Å². The number of fused-ring (bicyclic) bond motifs is 1. The summed E-state index contributed by atoms with van der Waals surface area (Å²) < 4.78 is 0. The molecule has 1 aliphatic heterocycles. The van der Waals surface area contributed by atoms with Crippen LogP contribution in [0.2, 0.25) is 0 Å². The van der Waals surface area contributed by atoms with Crippen molar-refractivity contribution in [2.75, 3.05) is 12.3 Å². The molecule has 0 spiro atoms. The number of anilines is 1. The average Bonchev–Trinajstić information content (AvgIpc) is 3.31. The second-order valence-corrected chi connectivity index (χ2v) is 9.73. The molecule has 2 aromatic carbocycles. The number of nitrogens with zero attached hydrogens (tertiary/aromatic N) is 2. The summed E-state index contributed by atoms with van der Waals surface area (Å²) in [4.78, 5) is 33.5. The quantitative estimate of drug-likeness (QED) is 0.573. The molecule has 7 heteroatoms. The Morgan fingerprint density at radius 1 is 1.24 bits per heavy atom. The standard InChI is InChI=1S/C26H24N4O2S/c1-3-16-7-5-9-18(11-16)24(31)28-14-20-12-19-13-21(19)30(20)25(32)22-23(33-26(27)29-22)17-8-4-6-15(2)10-17/h1,4-11,19-21H,12-14H2,2H3,(H2,27,29)(H,28,31)/t19-,20-,21-/m0/s1. The molecule has 2 fully saturated rings. The number of likely N-dealkylation sites (tertiary alicyclic amines) is 1. The molecule has 1 aromatic heterocycles. The zero-order valence-electron chi connectivity index (χ0n) is 18.2. The van der Waals surface area contributed by atoms with E-state index in [1.807, 2.05) is 36.1 Å². The average molecular weight is 457 g/mol. The van der Waals surface area contributed by atoms with Crippen molar-refractivity contribution in [2.24, 2.45) is 5.92 Å². The highest BCUT2D eigenvalue weighted by atomic mass is 32.1. The maximum Gasteiger partial charge on any atom is 0.274 e. The third-order valence-electron chi connectivity index (χ3n) is 6.36. The zero-order chi connectivity index (χ0) is 23.1. The van der Waals surface area contributed by atoms with Crippen LogP contribution in [-0.4, -0.2) is 40.3 Å². The van der Waals surface area contributed by atoms with E-state index < -0.39 is 0 Å². The molecule has 0 unspecified atom stereocenters. The van der Waals surface area contributed by atoms with Gasteiger partial charge in [-0.05, 0) is 49.4 Å². The number of hydrogen-bond acceptors (Lipinski definition) is 5. The number of rotatable bonds is 5. The molecule has 2 heterocycles. The molecule has 6 nitrogen and oxygen atoms in total. The third kappa shape index (κ3) is 4.10. The largest absolute Gasteiger partial charge is 0.375 e. The summed E-state index contributed by atoms with van der Waals surface area (Å²) in [6.45, 7) is 2.40. The summed E-state index contributed by atoms with van der Waals surface area (Å²) in [7, 11) is 0. The lowest BCUT2D eigenvalue weighted by Gasteiger charge is -2.27. The van der Waals surface area contributed by atoms with Crippen LogP contribution in [0.25, 0.3) is 10.4 Å². The van der Waals surface area contributed by atoms with Crippen molar-refractivity contribution in [1.29, 1.82) is 0 Å². The van der Waals surface area contributed by atoms with Crippen LogP contribution < -0.4 is 11.1 Å². The van der Waals surface area contributed by atoms with E-state index in [1.54, 1.807) is 24.3 Å². The van der Waals surface area contributed by atoms with Gasteiger partial charge in [-0.2, -0.15) is 0 Å². The summed E-state index contributed by atoms with van der Waals surface area (Å²) in [5.74, 6) is 2.72. The fraction of sp³-hybridized carbons (Fsp3) is 0.269. The van der Waals surface area contributed by atoms with E-state index in [1.165, 1.54) is 11.3 Å². The molecule has 33 heavy (non-hydrogen) atoms. The predicted molar refractivity (Wildman–Crippen MR) is 130 cm³/mol. The minimum Gasteiger partial charge on any atom is -0.375 e. The van der Waals surface area contributed by atoms with Gasteiger partial charge in [-0.3, -0.25) is 9.59 Å². The summed E-state index contributed by atoms with van der Waals surface area (Å²) in [6.07, 6.45) is 7.32. The number of amides is 2. The first-order valence-electron chi connectivity index (χ1n) is 11.0. The first kappa shape index (κ1) is 21.2. The Morgan fingerprint density at radius 3 is 2.85 bits per heavy atom. The number of nitrogen functional groups attached to an aromatic ring is 1. The summed E-state index contributed by atoms with van der Waals surface area (Å²) in [6, 6.07) is 15.1. The van der Waals surface area contributed by atoms with Crippen molar-refractivity contribution in [3.05, 3.63) is 70.9 Å². The molecule has 166 valence electrons. The molecule has 0 bridgehead atoms. The molecule has 2 amide bonds. The Kier molecular flexibility index (Phi) is 5.39. The lowest BCUT2D eigenvalue weighted by molar-refractivity contribution is 0.0685. The van der Waals surface area contributed by atoms with Gasteiger partial charge in [0, 0.05) is 23.7 Å². The van der Waals surface area contributed by atoms with Crippen molar-refractivity contribution in [2.45, 2.75) is 31.8 Å². The van der Waals surface area contributed by atoms with Crippen molar-refractivity contribution in [3.8, 4) is 22.8 Å². The number of hydrogen-bond donors (Lipinski definition) is 2. The van der Waals surface area contributed by atoms with Crippen molar-refractivity contribution >= 4 is 28.3 Å². The van der Waals surface area contributed by atoms with E-state index in [9.17, 15) is 9.59 Å². The highest BCUT2D eigenvalue weighted by Crippen LogP contribution is 2.49. The molecule has 3 atom stereocenters. The van der Waals surface area contributed by atoms with E-state index in [4.69, 9.17) is 12.2 Å². The maximum atomic E-state index is 13.7. The molecular weight excluding hydrogens is 432 g/mol. The number of benzene rings is 2. The van der Waals surface area contributed by atoms with Crippen LogP contribution in [0, 0.1) is 25.2 Å². The fourth-order valence-electron chi connectivity index (χ4n) is 4.71. The SMILES string of the molecule is C#Cc1cccc(C(=O)NC[C@@H]2C[C@H]3C[C@@H]3N2C(=O)c2nc(N)sc2-c2cccc(C)c2)c1. The first-order valence-corrected chi connectivity index (χ1v) is 11.8. The number of nitrogens with two attached hydrogens (primary N) is 1. The summed E-state index contributed by atoms with van der Waals surface area (Å²) >= 11 is 1.33. The Hall–Kier alpha value is -3.63. The molecular formula is C26H24N4O2S. The molecule has 1 aliphatic carbocycles. The monoisotopic (exact) mass is 456 g/mol. The van der Waals surface area contributed by atoms with Gasteiger partial charge in [-0.1, -0.05) is 53.2 Å². The van der Waals surface area contributed by atoms with Crippen molar-refractivity contribution < 1.29 is 9.59 Å². The van der Waals surface area contributed by atoms with Crippen LogP contribution in [0.1, 0.15) is 44.8 Å². The minimum atomic E-state index is -0.196. The smallest absolute Gasteiger partial charge is 0.274 e. The lowest BCUT2D eigenvalue weighted by atomic mass is 10.1. The highest BCUT2D eigenvalue weighted by molar-refractivity contribution is 7.19. The van der Waals surface area contributed by atoms with Gasteiger partial charge in [0.15, 0.2) is 5.13 Å². The van der Waals surface area contributed by atoms with Gasteiger partial charge in [0.25, 0.3) is 11.8 Å². The number of carbonyl (C=O) groups excluding carboxylic acids is 2. The molecule has 1 saturated heterocycles. The molecule has 1 saturated carbocycles. The topological polar surface area (TPSA) is 88.3 Å². The third-order valence-corrected chi connectivity index (χ3v) is 7.30. The predicted octanol–water partition coefficient (Wildman–Crippen LogP) is 3.72. The second kappa shape index (κ2) is 8.38. The lowest BCUT2D eigenvalue weighted by Crippen LogP contribution is -2.45. The summed E-state index contributed by atoms with van der Waals surface area (Å²) in [5, 5.41) is 3.36. The van der Waals surface area contributed by atoms with Crippen molar-refractivity contribution in [3.63, 3.8) is 0 Å². The number of thiazole rings is 1. The maximum absolute atomic E-state index is 13.7. The van der Waals surface area contributed by atoms with Gasteiger partial charge in [-0.25, -0.2) is 4.98 Å². The Bertz CT molecular complexity index is 1290. The van der Waals surface area contributed by atoms with Crippen molar-refractivity contribution in [1.82, 2.24) is 15.2 Å². The number of terminal acetylenes is 1. The van der Waals surface area contributed by atoms with Gasteiger partial charge in [0.2, 0.25) is 0 Å². The Morgan fingerprint density at radius 2 is 2.06 bits per heavy atom. The minimum absolute atomic E-state index is 0.0747. The molecule has 0 radical (unpaired) electrons. The molecule has 3 aromatic rings. The number of aryl methyl sites for hydroxylation is 1. The van der Waals surface area contributed by atoms with E-state index >= 15 is 0 Å². The Balaban J connectivity index is 1.35. The van der Waals surface area contributed by atoms with Crippen LogP contribution in [-0.2, 0) is 0 Å². The van der Waals surface area contributed by atoms with Crippen LogP contribution >= 0.6 is 11.3 Å². The second-order valence-electron chi connectivity index (χ2n) is 8.70. The number of piperidine rings is 1. The molecule has 3 N–H and O–H groups in total. The van der Waals surface area contributed by atoms with Gasteiger partial charge in [-0.15, -0.1) is 6.42 Å². The van der Waals surface area contributed by atoms with Gasteiger partial charge in [0.1, 0.15) is 5.69 Å². The van der Waals surface area contributed by atoms with E-state index in [0.717, 1.165) is 28.8 Å². The van der Waals surface area contributed by atoms with Crippen LogP contribution in [0.4, 0.5) is 5.13 Å². The summed E-state index contributed by atoms with van der Waals surface area (Å²) in [5.41, 5.74) is 9.64. The van der Waals surface area contributed by atoms with E-state index in [2.05, 4.69) is 16.2 Å². The fourth-order valence-corrected chi connectivity index (χ4v) is 5.53.